The average molecular weight is 461 g/mol. The molecular formula is C26H36O7. The first kappa shape index (κ1) is 28.3. The highest BCUT2D eigenvalue weighted by atomic mass is 16.5. The molecule has 2 rings (SSSR count). The number of rotatable bonds is 11. The van der Waals surface area contributed by atoms with Crippen LogP contribution in [0.1, 0.15) is 38.8 Å². The predicted octanol–water partition coefficient (Wildman–Crippen LogP) is 3.59. The van der Waals surface area contributed by atoms with Gasteiger partial charge in [0, 0.05) is 11.0 Å². The Morgan fingerprint density at radius 1 is 0.848 bits per heavy atom. The van der Waals surface area contributed by atoms with Gasteiger partial charge in [0.15, 0.2) is 0 Å². The highest BCUT2D eigenvalue weighted by Crippen LogP contribution is 2.33. The molecule has 3 N–H and O–H groups in total. The van der Waals surface area contributed by atoms with Gasteiger partial charge in [-0.2, -0.15) is 0 Å². The third kappa shape index (κ3) is 10.2. The minimum atomic E-state index is -0.335. The Kier molecular flexibility index (Phi) is 13.0. The van der Waals surface area contributed by atoms with Crippen LogP contribution in [0, 0.1) is 0 Å². The fourth-order valence-corrected chi connectivity index (χ4v) is 2.74. The first-order valence-corrected chi connectivity index (χ1v) is 10.9. The van der Waals surface area contributed by atoms with E-state index in [2.05, 4.69) is 13.8 Å². The number of phenols is 1. The first-order valence-electron chi connectivity index (χ1n) is 10.9. The summed E-state index contributed by atoms with van der Waals surface area (Å²) in [5.74, 6) is 0.450. The van der Waals surface area contributed by atoms with Crippen molar-refractivity contribution in [1.29, 1.82) is 0 Å². The van der Waals surface area contributed by atoms with Crippen molar-refractivity contribution in [3.05, 3.63) is 71.3 Å². The third-order valence-electron chi connectivity index (χ3n) is 4.97. The molecule has 0 bridgehead atoms. The van der Waals surface area contributed by atoms with E-state index in [-0.39, 0.29) is 30.3 Å². The van der Waals surface area contributed by atoms with E-state index in [0.29, 0.717) is 37.8 Å². The molecule has 7 nitrogen and oxygen atoms in total. The maximum absolute atomic E-state index is 11.8. The number of hydrogen-bond donors (Lipinski definition) is 3. The molecule has 0 saturated heterocycles. The summed E-state index contributed by atoms with van der Waals surface area (Å²) in [4.78, 5) is 11.8. The summed E-state index contributed by atoms with van der Waals surface area (Å²) in [6.07, 6.45) is 1.73. The standard InChI is InChI=1S/C20H22O3.C6H14O4/c1-5-14(2)19(22)23-18-12-8-16(9-13-18)20(3,4)15-6-10-17(21)11-7-15;7-1-3-9-5-6-10-4-2-8/h5-13,21H,1-4H3;7-8H,1-6H2. The van der Waals surface area contributed by atoms with Gasteiger partial charge in [0.05, 0.1) is 39.6 Å². The summed E-state index contributed by atoms with van der Waals surface area (Å²) < 4.78 is 15.1. The smallest absolute Gasteiger partial charge is 0.338 e. The van der Waals surface area contributed by atoms with Crippen LogP contribution in [0.25, 0.3) is 0 Å². The molecule has 33 heavy (non-hydrogen) atoms. The highest BCUT2D eigenvalue weighted by Gasteiger charge is 2.23. The molecule has 0 unspecified atom stereocenters. The minimum Gasteiger partial charge on any atom is -0.508 e. The van der Waals surface area contributed by atoms with Crippen molar-refractivity contribution in [3.63, 3.8) is 0 Å². The fourth-order valence-electron chi connectivity index (χ4n) is 2.74. The van der Waals surface area contributed by atoms with E-state index in [1.807, 2.05) is 24.3 Å². The van der Waals surface area contributed by atoms with Gasteiger partial charge in [0.2, 0.25) is 0 Å². The molecule has 0 aliphatic heterocycles. The molecule has 0 fully saturated rings. The Morgan fingerprint density at radius 2 is 1.30 bits per heavy atom. The van der Waals surface area contributed by atoms with Crippen LogP contribution < -0.4 is 4.74 Å². The molecular weight excluding hydrogens is 424 g/mol. The summed E-state index contributed by atoms with van der Waals surface area (Å²) in [7, 11) is 0. The summed E-state index contributed by atoms with van der Waals surface area (Å²) >= 11 is 0. The molecule has 0 amide bonds. The average Bonchev–Trinajstić information content (AvgIpc) is 2.82. The van der Waals surface area contributed by atoms with Gasteiger partial charge in [-0.3, -0.25) is 0 Å². The Hall–Kier alpha value is -2.71. The Morgan fingerprint density at radius 3 is 1.73 bits per heavy atom. The van der Waals surface area contributed by atoms with Crippen molar-refractivity contribution in [3.8, 4) is 11.5 Å². The molecule has 0 aliphatic carbocycles. The summed E-state index contributed by atoms with van der Waals surface area (Å²) in [5, 5.41) is 26.0. The van der Waals surface area contributed by atoms with Crippen molar-refractivity contribution in [2.24, 2.45) is 0 Å². The van der Waals surface area contributed by atoms with Crippen LogP contribution in [0.5, 0.6) is 11.5 Å². The molecule has 0 saturated carbocycles. The second-order valence-corrected chi connectivity index (χ2v) is 7.73. The Bertz CT molecular complexity index is 832. The van der Waals surface area contributed by atoms with E-state index >= 15 is 0 Å². The number of esters is 1. The number of benzene rings is 2. The normalized spacial score (nSPS) is 11.5. The SMILES string of the molecule is CC=C(C)C(=O)Oc1ccc(C(C)(C)c2ccc(O)cc2)cc1.OCCOCCOCCO. The molecule has 0 atom stereocenters. The Labute approximate surface area is 196 Å². The van der Waals surface area contributed by atoms with E-state index in [1.165, 1.54) is 0 Å². The molecule has 2 aromatic rings. The summed E-state index contributed by atoms with van der Waals surface area (Å²) in [6.45, 7) is 9.49. The molecule has 0 spiro atoms. The third-order valence-corrected chi connectivity index (χ3v) is 4.97. The maximum atomic E-state index is 11.8. The molecule has 0 radical (unpaired) electrons. The van der Waals surface area contributed by atoms with E-state index in [0.717, 1.165) is 11.1 Å². The van der Waals surface area contributed by atoms with Gasteiger partial charge in [0.25, 0.3) is 0 Å². The second kappa shape index (κ2) is 15.2. The molecule has 7 heteroatoms. The number of aromatic hydroxyl groups is 1. The van der Waals surface area contributed by atoms with Crippen LogP contribution in [0.3, 0.4) is 0 Å². The van der Waals surface area contributed by atoms with Crippen molar-refractivity contribution in [2.75, 3.05) is 39.6 Å². The fraction of sp³-hybridized carbons (Fsp3) is 0.423. The lowest BCUT2D eigenvalue weighted by atomic mass is 9.78. The van der Waals surface area contributed by atoms with Gasteiger partial charge in [0.1, 0.15) is 11.5 Å². The van der Waals surface area contributed by atoms with Crippen LogP contribution in [0.15, 0.2) is 60.2 Å². The van der Waals surface area contributed by atoms with Crippen molar-refractivity contribution < 1.29 is 34.3 Å². The lowest BCUT2D eigenvalue weighted by Gasteiger charge is -2.26. The van der Waals surface area contributed by atoms with E-state index in [4.69, 9.17) is 24.4 Å². The summed E-state index contributed by atoms with van der Waals surface area (Å²) in [5.41, 5.74) is 2.57. The molecule has 182 valence electrons. The zero-order valence-electron chi connectivity index (χ0n) is 19.9. The van der Waals surface area contributed by atoms with Gasteiger partial charge < -0.3 is 29.5 Å². The quantitative estimate of drug-likeness (QED) is 0.204. The van der Waals surface area contributed by atoms with Gasteiger partial charge in [-0.05, 0) is 49.2 Å². The molecule has 0 heterocycles. The number of phenolic OH excluding ortho intramolecular Hbond substituents is 1. The van der Waals surface area contributed by atoms with Gasteiger partial charge in [-0.15, -0.1) is 0 Å². The largest absolute Gasteiger partial charge is 0.508 e. The van der Waals surface area contributed by atoms with Crippen LogP contribution in [-0.2, 0) is 19.7 Å². The number of ether oxygens (including phenoxy) is 3. The maximum Gasteiger partial charge on any atom is 0.338 e. The van der Waals surface area contributed by atoms with Crippen molar-refractivity contribution in [1.82, 2.24) is 0 Å². The Balaban J connectivity index is 0.000000461. The lowest BCUT2D eigenvalue weighted by Crippen LogP contribution is -2.18. The first-order chi connectivity index (χ1) is 15.8. The number of carbonyl (C=O) groups is 1. The van der Waals surface area contributed by atoms with Crippen LogP contribution in [0.2, 0.25) is 0 Å². The predicted molar refractivity (Wildman–Crippen MR) is 128 cm³/mol. The number of aliphatic hydroxyl groups is 2. The van der Waals surface area contributed by atoms with Crippen LogP contribution in [0.4, 0.5) is 0 Å². The van der Waals surface area contributed by atoms with E-state index < -0.39 is 0 Å². The highest BCUT2D eigenvalue weighted by molar-refractivity contribution is 5.89. The number of aliphatic hydroxyl groups excluding tert-OH is 2. The van der Waals surface area contributed by atoms with E-state index in [9.17, 15) is 9.90 Å². The van der Waals surface area contributed by atoms with Gasteiger partial charge in [-0.1, -0.05) is 44.2 Å². The van der Waals surface area contributed by atoms with Crippen molar-refractivity contribution >= 4 is 5.97 Å². The van der Waals surface area contributed by atoms with Crippen molar-refractivity contribution in [2.45, 2.75) is 33.1 Å². The van der Waals surface area contributed by atoms with Crippen LogP contribution >= 0.6 is 0 Å². The topological polar surface area (TPSA) is 105 Å². The molecule has 2 aromatic carbocycles. The molecule has 0 aromatic heterocycles. The number of carbonyl (C=O) groups excluding carboxylic acids is 1. The monoisotopic (exact) mass is 460 g/mol. The summed E-state index contributed by atoms with van der Waals surface area (Å²) in [6, 6.07) is 14.7. The van der Waals surface area contributed by atoms with Crippen LogP contribution in [-0.4, -0.2) is 60.9 Å². The van der Waals surface area contributed by atoms with Gasteiger partial charge in [-0.25, -0.2) is 4.79 Å². The zero-order chi connectivity index (χ0) is 24.7. The lowest BCUT2D eigenvalue weighted by molar-refractivity contribution is -0.130. The number of hydrogen-bond acceptors (Lipinski definition) is 7. The molecule has 0 aliphatic rings. The minimum absolute atomic E-state index is 0.0417. The van der Waals surface area contributed by atoms with Gasteiger partial charge >= 0.3 is 5.97 Å². The number of allylic oxidation sites excluding steroid dienone is 1. The zero-order valence-corrected chi connectivity index (χ0v) is 19.9. The van der Waals surface area contributed by atoms with E-state index in [1.54, 1.807) is 44.2 Å². The second-order valence-electron chi connectivity index (χ2n) is 7.73.